The van der Waals surface area contributed by atoms with Crippen molar-refractivity contribution in [1.29, 1.82) is 0 Å². The van der Waals surface area contributed by atoms with Gasteiger partial charge in [0.1, 0.15) is 17.7 Å². The van der Waals surface area contributed by atoms with Crippen LogP contribution >= 0.6 is 11.6 Å². The zero-order valence-corrected chi connectivity index (χ0v) is 18.3. The van der Waals surface area contributed by atoms with Gasteiger partial charge in [0.15, 0.2) is 5.65 Å². The summed E-state index contributed by atoms with van der Waals surface area (Å²) in [6.45, 7) is 2.19. The van der Waals surface area contributed by atoms with Crippen LogP contribution in [0.5, 0.6) is 5.75 Å². The van der Waals surface area contributed by atoms with Crippen molar-refractivity contribution < 1.29 is 18.7 Å². The highest BCUT2D eigenvalue weighted by atomic mass is 35.5. The SMILES string of the molecule is CC(=O)N(C)[C@H]1C[C@@H](Oc2cc(F)ccc2C(=O)N2Cc3nn4cc(Cl)cnc4c3C2)C1. The molecule has 1 fully saturated rings. The molecule has 0 atom stereocenters. The van der Waals surface area contributed by atoms with E-state index in [2.05, 4.69) is 10.1 Å². The van der Waals surface area contributed by atoms with Gasteiger partial charge in [-0.05, 0) is 12.1 Å². The Balaban J connectivity index is 1.33. The van der Waals surface area contributed by atoms with Crippen LogP contribution in [-0.2, 0) is 17.9 Å². The maximum Gasteiger partial charge on any atom is 0.258 e. The molecule has 5 rings (SSSR count). The molecule has 32 heavy (non-hydrogen) atoms. The van der Waals surface area contributed by atoms with Crippen LogP contribution in [0, 0.1) is 5.82 Å². The number of carbonyl (C=O) groups is 2. The molecule has 0 bridgehead atoms. The third-order valence-electron chi connectivity index (χ3n) is 6.18. The smallest absolute Gasteiger partial charge is 0.258 e. The molecule has 1 aromatic carbocycles. The number of amides is 2. The maximum absolute atomic E-state index is 14.0. The number of hydrogen-bond donors (Lipinski definition) is 0. The Hall–Kier alpha value is -3.20. The van der Waals surface area contributed by atoms with Crippen molar-refractivity contribution in [3.8, 4) is 5.75 Å². The van der Waals surface area contributed by atoms with E-state index in [1.165, 1.54) is 25.1 Å². The molecule has 1 aliphatic carbocycles. The van der Waals surface area contributed by atoms with Gasteiger partial charge in [-0.2, -0.15) is 5.10 Å². The zero-order chi connectivity index (χ0) is 22.6. The number of aromatic nitrogens is 3. The Labute approximate surface area is 188 Å². The van der Waals surface area contributed by atoms with Crippen LogP contribution in [0.2, 0.25) is 5.02 Å². The van der Waals surface area contributed by atoms with Crippen LogP contribution in [0.4, 0.5) is 4.39 Å². The highest BCUT2D eigenvalue weighted by Crippen LogP contribution is 2.33. The summed E-state index contributed by atoms with van der Waals surface area (Å²) in [5, 5.41) is 4.96. The van der Waals surface area contributed by atoms with Crippen molar-refractivity contribution in [2.45, 2.75) is 45.0 Å². The number of hydrogen-bond acceptors (Lipinski definition) is 5. The summed E-state index contributed by atoms with van der Waals surface area (Å²) in [7, 11) is 1.75. The first-order chi connectivity index (χ1) is 15.3. The number of carbonyl (C=O) groups excluding carboxylic acids is 2. The molecule has 0 radical (unpaired) electrons. The minimum Gasteiger partial charge on any atom is -0.489 e. The summed E-state index contributed by atoms with van der Waals surface area (Å²) < 4.78 is 21.5. The van der Waals surface area contributed by atoms with E-state index >= 15 is 0 Å². The lowest BCUT2D eigenvalue weighted by Crippen LogP contribution is -2.49. The zero-order valence-electron chi connectivity index (χ0n) is 17.6. The highest BCUT2D eigenvalue weighted by molar-refractivity contribution is 6.30. The van der Waals surface area contributed by atoms with E-state index in [-0.39, 0.29) is 29.7 Å². The van der Waals surface area contributed by atoms with Gasteiger partial charge < -0.3 is 14.5 Å². The standard InChI is InChI=1S/C22H21ClFN5O3/c1-12(30)27(2)15-6-16(7-15)32-20-5-14(24)3-4-17(20)22(31)28-10-18-19(11-28)26-29-9-13(23)8-25-21(18)29/h3-5,8-9,15-16H,6-7,10-11H2,1-2H3/t15-,16+. The second kappa shape index (κ2) is 7.74. The molecule has 3 aromatic rings. The van der Waals surface area contributed by atoms with Crippen LogP contribution in [0.1, 0.15) is 41.4 Å². The van der Waals surface area contributed by atoms with Gasteiger partial charge in [-0.25, -0.2) is 13.9 Å². The van der Waals surface area contributed by atoms with E-state index in [1.807, 2.05) is 0 Å². The van der Waals surface area contributed by atoms with Crippen molar-refractivity contribution in [2.75, 3.05) is 7.05 Å². The molecule has 2 aromatic heterocycles. The van der Waals surface area contributed by atoms with Gasteiger partial charge in [-0.15, -0.1) is 0 Å². The van der Waals surface area contributed by atoms with Gasteiger partial charge in [0.25, 0.3) is 5.91 Å². The molecule has 10 heteroatoms. The Morgan fingerprint density at radius 1 is 1.28 bits per heavy atom. The van der Waals surface area contributed by atoms with E-state index in [0.717, 1.165) is 11.3 Å². The van der Waals surface area contributed by atoms with E-state index in [9.17, 15) is 14.0 Å². The molecule has 2 aliphatic rings. The minimum atomic E-state index is -0.475. The van der Waals surface area contributed by atoms with E-state index < -0.39 is 5.82 Å². The molecule has 1 saturated carbocycles. The van der Waals surface area contributed by atoms with Crippen molar-refractivity contribution >= 4 is 29.1 Å². The fourth-order valence-electron chi connectivity index (χ4n) is 4.19. The summed E-state index contributed by atoms with van der Waals surface area (Å²) in [5.41, 5.74) is 2.58. The van der Waals surface area contributed by atoms with Gasteiger partial charge in [0.2, 0.25) is 5.91 Å². The van der Waals surface area contributed by atoms with E-state index in [4.69, 9.17) is 16.3 Å². The average Bonchev–Trinajstić information content (AvgIpc) is 3.26. The summed E-state index contributed by atoms with van der Waals surface area (Å²) in [6.07, 6.45) is 4.33. The Morgan fingerprint density at radius 3 is 2.81 bits per heavy atom. The average molecular weight is 458 g/mol. The van der Waals surface area contributed by atoms with Gasteiger partial charge in [-0.1, -0.05) is 11.6 Å². The predicted octanol–water partition coefficient (Wildman–Crippen LogP) is 3.07. The molecule has 0 spiro atoms. The first-order valence-corrected chi connectivity index (χ1v) is 10.7. The summed E-state index contributed by atoms with van der Waals surface area (Å²) in [6, 6.07) is 4.04. The molecular weight excluding hydrogens is 437 g/mol. The monoisotopic (exact) mass is 457 g/mol. The second-order valence-electron chi connectivity index (χ2n) is 8.26. The number of benzene rings is 1. The number of halogens is 2. The van der Waals surface area contributed by atoms with Crippen LogP contribution in [-0.4, -0.2) is 55.4 Å². The minimum absolute atomic E-state index is 0.00781. The summed E-state index contributed by atoms with van der Waals surface area (Å²) >= 11 is 5.98. The number of fused-ring (bicyclic) bond motifs is 3. The molecule has 0 saturated heterocycles. The van der Waals surface area contributed by atoms with Crippen LogP contribution < -0.4 is 4.74 Å². The number of nitrogens with zero attached hydrogens (tertiary/aromatic N) is 5. The van der Waals surface area contributed by atoms with Gasteiger partial charge in [0, 0.05) is 50.7 Å². The number of ether oxygens (including phenoxy) is 1. The third kappa shape index (κ3) is 3.56. The van der Waals surface area contributed by atoms with Gasteiger partial charge in [-0.3, -0.25) is 9.59 Å². The van der Waals surface area contributed by atoms with Crippen LogP contribution in [0.25, 0.3) is 5.65 Å². The third-order valence-corrected chi connectivity index (χ3v) is 6.37. The Kier molecular flexibility index (Phi) is 5.00. The predicted molar refractivity (Wildman–Crippen MR) is 114 cm³/mol. The first kappa shape index (κ1) is 20.7. The second-order valence-corrected chi connectivity index (χ2v) is 8.70. The molecule has 8 nitrogen and oxygen atoms in total. The summed E-state index contributed by atoms with van der Waals surface area (Å²) in [5.74, 6) is -0.530. The fraction of sp³-hybridized carbons (Fsp3) is 0.364. The lowest BCUT2D eigenvalue weighted by molar-refractivity contribution is -0.132. The largest absolute Gasteiger partial charge is 0.489 e. The van der Waals surface area contributed by atoms with Crippen molar-refractivity contribution in [1.82, 2.24) is 24.4 Å². The normalized spacial score (nSPS) is 19.6. The quantitative estimate of drug-likeness (QED) is 0.601. The fourth-order valence-corrected chi connectivity index (χ4v) is 4.33. The Bertz CT molecular complexity index is 1240. The molecule has 3 heterocycles. The van der Waals surface area contributed by atoms with Crippen molar-refractivity contribution in [3.05, 3.63) is 58.3 Å². The Morgan fingerprint density at radius 2 is 2.06 bits per heavy atom. The van der Waals surface area contributed by atoms with E-state index in [1.54, 1.807) is 33.8 Å². The van der Waals surface area contributed by atoms with Gasteiger partial charge in [0.05, 0.1) is 35.6 Å². The molecule has 0 N–H and O–H groups in total. The lowest BCUT2D eigenvalue weighted by atomic mass is 9.88. The van der Waals surface area contributed by atoms with Crippen LogP contribution in [0.3, 0.4) is 0 Å². The summed E-state index contributed by atoms with van der Waals surface area (Å²) in [4.78, 5) is 32.4. The van der Waals surface area contributed by atoms with Crippen molar-refractivity contribution in [3.63, 3.8) is 0 Å². The van der Waals surface area contributed by atoms with E-state index in [0.29, 0.717) is 42.2 Å². The highest BCUT2D eigenvalue weighted by Gasteiger charge is 2.36. The van der Waals surface area contributed by atoms with Crippen LogP contribution in [0.15, 0.2) is 30.6 Å². The maximum atomic E-state index is 14.0. The first-order valence-electron chi connectivity index (χ1n) is 10.3. The lowest BCUT2D eigenvalue weighted by Gasteiger charge is -2.40. The van der Waals surface area contributed by atoms with Gasteiger partial charge >= 0.3 is 0 Å². The number of rotatable bonds is 4. The molecular formula is C22H21ClFN5O3. The van der Waals surface area contributed by atoms with Crippen molar-refractivity contribution in [2.24, 2.45) is 0 Å². The molecule has 2 amide bonds. The topological polar surface area (TPSA) is 80.0 Å². The molecule has 1 aliphatic heterocycles. The molecule has 166 valence electrons. The molecule has 0 unspecified atom stereocenters.